The van der Waals surface area contributed by atoms with E-state index in [4.69, 9.17) is 9.84 Å². The molecule has 0 aliphatic carbocycles. The highest BCUT2D eigenvalue weighted by Gasteiger charge is 2.13. The molecule has 0 radical (unpaired) electrons. The number of hydrogen-bond acceptors (Lipinski definition) is 5. The molecule has 2 rings (SSSR count). The Morgan fingerprint density at radius 2 is 2.10 bits per heavy atom. The summed E-state index contributed by atoms with van der Waals surface area (Å²) in [4.78, 5) is 30.5. The average molecular weight is 273 g/mol. The number of carboxylic acid groups (broad SMARTS) is 1. The maximum absolute atomic E-state index is 12.1. The van der Waals surface area contributed by atoms with Crippen LogP contribution in [0.3, 0.4) is 0 Å². The molecule has 0 spiro atoms. The Hall–Kier alpha value is -2.96. The number of nitrogens with one attached hydrogen (secondary N) is 1. The van der Waals surface area contributed by atoms with Crippen molar-refractivity contribution in [2.24, 2.45) is 0 Å². The second-order valence-electron chi connectivity index (χ2n) is 3.74. The molecule has 0 aromatic carbocycles. The molecule has 1 amide bonds. The summed E-state index contributed by atoms with van der Waals surface area (Å²) in [5.41, 5.74) is 0.134. The van der Waals surface area contributed by atoms with Gasteiger partial charge in [-0.2, -0.15) is 0 Å². The van der Waals surface area contributed by atoms with Crippen molar-refractivity contribution < 1.29 is 19.4 Å². The molecule has 2 heterocycles. The van der Waals surface area contributed by atoms with Gasteiger partial charge in [0.1, 0.15) is 11.6 Å². The van der Waals surface area contributed by atoms with Gasteiger partial charge in [-0.1, -0.05) is 6.07 Å². The van der Waals surface area contributed by atoms with Crippen LogP contribution in [0.2, 0.25) is 0 Å². The summed E-state index contributed by atoms with van der Waals surface area (Å²) in [6.45, 7) is 0. The molecular formula is C13H11N3O4. The fourth-order valence-electron chi connectivity index (χ4n) is 1.54. The predicted molar refractivity (Wildman–Crippen MR) is 69.9 cm³/mol. The van der Waals surface area contributed by atoms with Crippen LogP contribution in [-0.2, 0) is 0 Å². The van der Waals surface area contributed by atoms with Crippen LogP contribution in [0, 0.1) is 0 Å². The molecule has 2 N–H and O–H groups in total. The summed E-state index contributed by atoms with van der Waals surface area (Å²) in [5.74, 6) is -1.16. The first kappa shape index (κ1) is 13.5. The van der Waals surface area contributed by atoms with E-state index in [0.29, 0.717) is 5.75 Å². The first-order valence-corrected chi connectivity index (χ1v) is 5.61. The van der Waals surface area contributed by atoms with Crippen molar-refractivity contribution in [2.45, 2.75) is 0 Å². The molecule has 0 aliphatic heterocycles. The van der Waals surface area contributed by atoms with Crippen LogP contribution >= 0.6 is 0 Å². The number of ether oxygens (including phenoxy) is 1. The third kappa shape index (κ3) is 2.89. The zero-order valence-electron chi connectivity index (χ0n) is 10.5. The molecule has 0 bridgehead atoms. The van der Waals surface area contributed by atoms with Gasteiger partial charge < -0.3 is 15.2 Å². The average Bonchev–Trinajstić information content (AvgIpc) is 2.47. The third-order valence-electron chi connectivity index (χ3n) is 2.46. The molecule has 2 aromatic heterocycles. The molecule has 7 heteroatoms. The molecule has 2 aromatic rings. The Morgan fingerprint density at radius 3 is 2.80 bits per heavy atom. The van der Waals surface area contributed by atoms with E-state index >= 15 is 0 Å². The number of amides is 1. The largest absolute Gasteiger partial charge is 0.494 e. The number of methoxy groups -OCH3 is 1. The summed E-state index contributed by atoms with van der Waals surface area (Å²) in [6, 6.07) is 5.83. The minimum Gasteiger partial charge on any atom is -0.494 e. The van der Waals surface area contributed by atoms with Gasteiger partial charge in [0.05, 0.1) is 18.9 Å². The second-order valence-corrected chi connectivity index (χ2v) is 3.74. The Morgan fingerprint density at radius 1 is 1.30 bits per heavy atom. The third-order valence-corrected chi connectivity index (χ3v) is 2.46. The van der Waals surface area contributed by atoms with E-state index in [1.807, 2.05) is 0 Å². The monoisotopic (exact) mass is 273 g/mol. The number of pyridine rings is 2. The number of carboxylic acids is 1. The van der Waals surface area contributed by atoms with Gasteiger partial charge in [0, 0.05) is 6.20 Å². The molecule has 0 fully saturated rings. The maximum Gasteiger partial charge on any atom is 0.354 e. The van der Waals surface area contributed by atoms with E-state index in [9.17, 15) is 9.59 Å². The van der Waals surface area contributed by atoms with Crippen molar-refractivity contribution in [3.8, 4) is 5.75 Å². The number of aromatic carboxylic acids is 1. The number of rotatable bonds is 4. The molecule has 0 saturated carbocycles. The lowest BCUT2D eigenvalue weighted by Gasteiger charge is -2.08. The molecular weight excluding hydrogens is 262 g/mol. The fraction of sp³-hybridized carbons (Fsp3) is 0.0769. The molecule has 0 saturated heterocycles. The van der Waals surface area contributed by atoms with Crippen molar-refractivity contribution in [3.05, 3.63) is 47.9 Å². The van der Waals surface area contributed by atoms with Crippen LogP contribution in [0.4, 0.5) is 5.82 Å². The van der Waals surface area contributed by atoms with Gasteiger partial charge in [0.15, 0.2) is 5.69 Å². The van der Waals surface area contributed by atoms with Crippen molar-refractivity contribution in [1.29, 1.82) is 0 Å². The van der Waals surface area contributed by atoms with E-state index in [1.54, 1.807) is 0 Å². The molecule has 20 heavy (non-hydrogen) atoms. The topological polar surface area (TPSA) is 101 Å². The lowest BCUT2D eigenvalue weighted by atomic mass is 10.2. The Kier molecular flexibility index (Phi) is 3.90. The zero-order valence-corrected chi connectivity index (χ0v) is 10.5. The quantitative estimate of drug-likeness (QED) is 0.873. The number of nitrogens with zero attached hydrogens (tertiary/aromatic N) is 2. The predicted octanol–water partition coefficient (Wildman–Crippen LogP) is 1.44. The van der Waals surface area contributed by atoms with Crippen molar-refractivity contribution in [1.82, 2.24) is 9.97 Å². The smallest absolute Gasteiger partial charge is 0.354 e. The summed E-state index contributed by atoms with van der Waals surface area (Å²) < 4.78 is 5.03. The highest BCUT2D eigenvalue weighted by Crippen LogP contribution is 2.17. The minimum absolute atomic E-state index is 0.147. The lowest BCUT2D eigenvalue weighted by molar-refractivity contribution is 0.0690. The van der Waals surface area contributed by atoms with E-state index < -0.39 is 11.9 Å². The molecule has 7 nitrogen and oxygen atoms in total. The van der Waals surface area contributed by atoms with Crippen LogP contribution in [0.1, 0.15) is 20.8 Å². The summed E-state index contributed by atoms with van der Waals surface area (Å²) in [7, 11) is 1.43. The van der Waals surface area contributed by atoms with Gasteiger partial charge in [0.25, 0.3) is 5.91 Å². The maximum atomic E-state index is 12.1. The number of carbonyl (C=O) groups excluding carboxylic acids is 1. The molecule has 0 unspecified atom stereocenters. The molecule has 0 atom stereocenters. The van der Waals surface area contributed by atoms with Gasteiger partial charge in [-0.15, -0.1) is 0 Å². The van der Waals surface area contributed by atoms with E-state index in [1.165, 1.54) is 43.8 Å². The van der Waals surface area contributed by atoms with Crippen molar-refractivity contribution in [3.63, 3.8) is 0 Å². The van der Waals surface area contributed by atoms with Crippen molar-refractivity contribution >= 4 is 17.7 Å². The first-order chi connectivity index (χ1) is 9.61. The molecule has 102 valence electrons. The first-order valence-electron chi connectivity index (χ1n) is 5.61. The van der Waals surface area contributed by atoms with Crippen LogP contribution < -0.4 is 10.1 Å². The lowest BCUT2D eigenvalue weighted by Crippen LogP contribution is -2.15. The Balaban J connectivity index is 2.23. The SMILES string of the molecule is COc1cnccc1C(=O)Nc1cccc(C(=O)O)n1. The second kappa shape index (κ2) is 5.79. The van der Waals surface area contributed by atoms with Crippen molar-refractivity contribution in [2.75, 3.05) is 12.4 Å². The van der Waals surface area contributed by atoms with Crippen LogP contribution in [0.15, 0.2) is 36.7 Å². The van der Waals surface area contributed by atoms with Gasteiger partial charge in [0.2, 0.25) is 0 Å². The highest BCUT2D eigenvalue weighted by molar-refractivity contribution is 6.05. The number of aromatic nitrogens is 2. The number of hydrogen-bond donors (Lipinski definition) is 2. The van der Waals surface area contributed by atoms with Gasteiger partial charge in [-0.3, -0.25) is 9.78 Å². The van der Waals surface area contributed by atoms with E-state index in [-0.39, 0.29) is 17.1 Å². The minimum atomic E-state index is -1.16. The summed E-state index contributed by atoms with van der Waals surface area (Å²) in [5, 5.41) is 11.3. The highest BCUT2D eigenvalue weighted by atomic mass is 16.5. The standard InChI is InChI=1S/C13H11N3O4/c1-20-10-7-14-6-5-8(10)12(17)16-11-4-2-3-9(15-11)13(18)19/h2-7H,1H3,(H,18,19)(H,15,16,17). The molecule has 0 aliphatic rings. The van der Waals surface area contributed by atoms with Gasteiger partial charge >= 0.3 is 5.97 Å². The summed E-state index contributed by atoms with van der Waals surface area (Å²) in [6.07, 6.45) is 2.87. The van der Waals surface area contributed by atoms with Crippen LogP contribution in [0.5, 0.6) is 5.75 Å². The van der Waals surface area contributed by atoms with Gasteiger partial charge in [-0.05, 0) is 18.2 Å². The Labute approximate surface area is 114 Å². The Bertz CT molecular complexity index is 658. The number of carbonyl (C=O) groups is 2. The normalized spacial score (nSPS) is 9.85. The van der Waals surface area contributed by atoms with Gasteiger partial charge in [-0.25, -0.2) is 9.78 Å². The van der Waals surface area contributed by atoms with E-state index in [2.05, 4.69) is 15.3 Å². The zero-order chi connectivity index (χ0) is 14.5. The number of anilines is 1. The van der Waals surface area contributed by atoms with Crippen LogP contribution in [-0.4, -0.2) is 34.1 Å². The van der Waals surface area contributed by atoms with Crippen LogP contribution in [0.25, 0.3) is 0 Å². The fourth-order valence-corrected chi connectivity index (χ4v) is 1.54. The summed E-state index contributed by atoms with van der Waals surface area (Å²) >= 11 is 0. The van der Waals surface area contributed by atoms with E-state index in [0.717, 1.165) is 0 Å².